The van der Waals surface area contributed by atoms with Gasteiger partial charge in [0.15, 0.2) is 0 Å². The van der Waals surface area contributed by atoms with Crippen LogP contribution in [0.15, 0.2) is 54.1 Å². The van der Waals surface area contributed by atoms with Crippen molar-refractivity contribution in [1.29, 1.82) is 0 Å². The van der Waals surface area contributed by atoms with Crippen LogP contribution < -0.4 is 0 Å². The van der Waals surface area contributed by atoms with Crippen LogP contribution in [0.1, 0.15) is 31.7 Å². The van der Waals surface area contributed by atoms with Crippen molar-refractivity contribution < 1.29 is 9.53 Å². The van der Waals surface area contributed by atoms with Gasteiger partial charge in [0.25, 0.3) is 0 Å². The van der Waals surface area contributed by atoms with Crippen molar-refractivity contribution in [2.24, 2.45) is 0 Å². The zero-order chi connectivity index (χ0) is 13.5. The van der Waals surface area contributed by atoms with E-state index in [1.54, 1.807) is 0 Å². The van der Waals surface area contributed by atoms with Gasteiger partial charge in [-0.15, -0.1) is 0 Å². The summed E-state index contributed by atoms with van der Waals surface area (Å²) in [6.07, 6.45) is 2.72. The van der Waals surface area contributed by atoms with Gasteiger partial charge in [-0.3, -0.25) is 0 Å². The van der Waals surface area contributed by atoms with Gasteiger partial charge in [0.05, 0.1) is 7.11 Å². The molecule has 0 heterocycles. The second kappa shape index (κ2) is 6.80. The number of carbonyl (C=O) groups is 1. The Hall–Kier alpha value is -1.83. The third-order valence-electron chi connectivity index (χ3n) is 2.83. The fourth-order valence-corrected chi connectivity index (χ4v) is 1.89. The van der Waals surface area contributed by atoms with Crippen LogP contribution in [-0.2, 0) is 9.53 Å². The zero-order valence-electron chi connectivity index (χ0n) is 11.3. The van der Waals surface area contributed by atoms with E-state index in [1.165, 1.54) is 12.7 Å². The number of allylic oxidation sites excluding steroid dienone is 2. The van der Waals surface area contributed by atoms with Crippen molar-refractivity contribution in [3.05, 3.63) is 59.7 Å². The Balaban J connectivity index is 2.66. The van der Waals surface area contributed by atoms with Gasteiger partial charge in [-0.1, -0.05) is 55.5 Å². The quantitative estimate of drug-likeness (QED) is 0.446. The molecule has 0 amide bonds. The summed E-state index contributed by atoms with van der Waals surface area (Å²) in [5.41, 5.74) is 2.88. The normalized spacial score (nSPS) is 12.9. The summed E-state index contributed by atoms with van der Waals surface area (Å²) in [4.78, 5) is 11.3. The first-order chi connectivity index (χ1) is 8.54. The van der Waals surface area contributed by atoms with Gasteiger partial charge >= 0.3 is 5.97 Å². The van der Waals surface area contributed by atoms with Crippen LogP contribution in [0.5, 0.6) is 0 Å². The summed E-state index contributed by atoms with van der Waals surface area (Å²) in [5.74, 6) is -0.00763. The minimum absolute atomic E-state index is 0.330. The highest BCUT2D eigenvalue weighted by Gasteiger charge is 2.08. The highest BCUT2D eigenvalue weighted by atomic mass is 16.5. The highest BCUT2D eigenvalue weighted by Crippen LogP contribution is 2.20. The molecule has 18 heavy (non-hydrogen) atoms. The van der Waals surface area contributed by atoms with Crippen LogP contribution in [0.4, 0.5) is 0 Å². The van der Waals surface area contributed by atoms with Crippen LogP contribution in [0.3, 0.4) is 0 Å². The lowest BCUT2D eigenvalue weighted by molar-refractivity contribution is -0.136. The van der Waals surface area contributed by atoms with E-state index in [2.05, 4.69) is 36.4 Å². The Kier molecular flexibility index (Phi) is 5.37. The first-order valence-corrected chi connectivity index (χ1v) is 6.03. The van der Waals surface area contributed by atoms with Crippen LogP contribution in [0.25, 0.3) is 0 Å². The number of methoxy groups -OCH3 is 1. The fourth-order valence-electron chi connectivity index (χ4n) is 1.89. The molecule has 0 aliphatic carbocycles. The van der Waals surface area contributed by atoms with E-state index in [0.29, 0.717) is 17.9 Å². The first kappa shape index (κ1) is 14.2. The molecule has 0 fully saturated rings. The van der Waals surface area contributed by atoms with E-state index in [0.717, 1.165) is 5.57 Å². The molecule has 0 bridgehead atoms. The monoisotopic (exact) mass is 244 g/mol. The molecule has 0 aromatic heterocycles. The van der Waals surface area contributed by atoms with E-state index in [4.69, 9.17) is 0 Å². The molecule has 0 N–H and O–H groups in total. The predicted molar refractivity (Wildman–Crippen MR) is 74.4 cm³/mol. The van der Waals surface area contributed by atoms with Gasteiger partial charge in [-0.25, -0.2) is 4.79 Å². The summed E-state index contributed by atoms with van der Waals surface area (Å²) in [5, 5.41) is 0. The van der Waals surface area contributed by atoms with Gasteiger partial charge in [0.2, 0.25) is 0 Å². The molecule has 2 heteroatoms. The molecule has 0 radical (unpaired) electrons. The zero-order valence-corrected chi connectivity index (χ0v) is 11.3. The third-order valence-corrected chi connectivity index (χ3v) is 2.83. The minimum atomic E-state index is -0.338. The van der Waals surface area contributed by atoms with Gasteiger partial charge in [0, 0.05) is 5.57 Å². The second-order valence-corrected chi connectivity index (χ2v) is 4.48. The molecule has 0 saturated heterocycles. The Bertz CT molecular complexity index is 443. The molecular weight excluding hydrogens is 224 g/mol. The molecule has 1 aromatic carbocycles. The van der Waals surface area contributed by atoms with Gasteiger partial charge in [0.1, 0.15) is 0 Å². The maximum absolute atomic E-state index is 11.3. The first-order valence-electron chi connectivity index (χ1n) is 6.03. The maximum Gasteiger partial charge on any atom is 0.333 e. The van der Waals surface area contributed by atoms with Crippen molar-refractivity contribution >= 4 is 5.97 Å². The third kappa shape index (κ3) is 4.21. The smallest absolute Gasteiger partial charge is 0.333 e. The maximum atomic E-state index is 11.3. The number of hydrogen-bond acceptors (Lipinski definition) is 2. The summed E-state index contributed by atoms with van der Waals surface area (Å²) < 4.78 is 4.64. The van der Waals surface area contributed by atoms with Crippen LogP contribution in [0, 0.1) is 0 Å². The van der Waals surface area contributed by atoms with Crippen LogP contribution in [0.2, 0.25) is 0 Å². The Morgan fingerprint density at radius 1 is 1.39 bits per heavy atom. The second-order valence-electron chi connectivity index (χ2n) is 4.48. The van der Waals surface area contributed by atoms with Crippen molar-refractivity contribution in [3.8, 4) is 0 Å². The molecule has 0 aliphatic heterocycles. The lowest BCUT2D eigenvalue weighted by Crippen LogP contribution is -2.04. The van der Waals surface area contributed by atoms with E-state index in [-0.39, 0.29) is 5.97 Å². The average Bonchev–Trinajstić information content (AvgIpc) is 2.38. The largest absolute Gasteiger partial charge is 0.466 e. The van der Waals surface area contributed by atoms with Crippen molar-refractivity contribution in [2.75, 3.05) is 7.11 Å². The summed E-state index contributed by atoms with van der Waals surface area (Å²) in [7, 11) is 1.37. The molecule has 1 atom stereocenters. The number of esters is 1. The lowest BCUT2D eigenvalue weighted by atomic mass is 9.97. The molecule has 1 unspecified atom stereocenters. The molecule has 2 nitrogen and oxygen atoms in total. The number of rotatable bonds is 5. The number of carbonyl (C=O) groups excluding carboxylic acids is 1. The van der Waals surface area contributed by atoms with Crippen molar-refractivity contribution in [3.63, 3.8) is 0 Å². The van der Waals surface area contributed by atoms with E-state index < -0.39 is 0 Å². The standard InChI is InChI=1S/C16H20O2/c1-12(11-14(3)16(17)18-4)10-13(2)15-8-6-5-7-9-15/h5-10,13H,3,11H2,1-2,4H3/b12-10+. The fraction of sp³-hybridized carbons (Fsp3) is 0.312. The van der Waals surface area contributed by atoms with E-state index in [1.807, 2.05) is 25.1 Å². The Morgan fingerprint density at radius 2 is 2.00 bits per heavy atom. The molecule has 0 saturated carbocycles. The van der Waals surface area contributed by atoms with Crippen LogP contribution >= 0.6 is 0 Å². The molecule has 1 rings (SSSR count). The molecule has 0 aliphatic rings. The van der Waals surface area contributed by atoms with Crippen molar-refractivity contribution in [1.82, 2.24) is 0 Å². The minimum Gasteiger partial charge on any atom is -0.466 e. The summed E-state index contributed by atoms with van der Waals surface area (Å²) in [6, 6.07) is 10.3. The Morgan fingerprint density at radius 3 is 2.56 bits per heavy atom. The SMILES string of the molecule is C=C(C/C(C)=C/C(C)c1ccccc1)C(=O)OC. The number of hydrogen-bond donors (Lipinski definition) is 0. The summed E-state index contributed by atoms with van der Waals surface area (Å²) in [6.45, 7) is 7.88. The Labute approximate surface area is 109 Å². The molecule has 0 spiro atoms. The predicted octanol–water partition coefficient (Wildman–Crippen LogP) is 3.86. The van der Waals surface area contributed by atoms with E-state index in [9.17, 15) is 4.79 Å². The lowest BCUT2D eigenvalue weighted by Gasteiger charge is -2.09. The number of benzene rings is 1. The van der Waals surface area contributed by atoms with Gasteiger partial charge in [-0.05, 0) is 24.8 Å². The van der Waals surface area contributed by atoms with Crippen molar-refractivity contribution in [2.45, 2.75) is 26.2 Å². The van der Waals surface area contributed by atoms with Gasteiger partial charge in [-0.2, -0.15) is 0 Å². The summed E-state index contributed by atoms with van der Waals surface area (Å²) >= 11 is 0. The topological polar surface area (TPSA) is 26.3 Å². The average molecular weight is 244 g/mol. The molecule has 1 aromatic rings. The molecule has 96 valence electrons. The molecular formula is C16H20O2. The highest BCUT2D eigenvalue weighted by molar-refractivity contribution is 5.88. The van der Waals surface area contributed by atoms with Gasteiger partial charge < -0.3 is 4.74 Å². The van der Waals surface area contributed by atoms with Crippen LogP contribution in [-0.4, -0.2) is 13.1 Å². The van der Waals surface area contributed by atoms with E-state index >= 15 is 0 Å². The number of ether oxygens (including phenoxy) is 1.